The molecule has 1 aromatic rings. The molecule has 2 N–H and O–H groups in total. The minimum absolute atomic E-state index is 0.202. The minimum atomic E-state index is -0.265. The molecule has 98 valence electrons. The van der Waals surface area contributed by atoms with Crippen molar-refractivity contribution in [2.75, 3.05) is 6.54 Å². The van der Waals surface area contributed by atoms with E-state index in [1.165, 1.54) is 25.1 Å². The van der Waals surface area contributed by atoms with Crippen LogP contribution in [0.2, 0.25) is 0 Å². The molecule has 4 heteroatoms. The number of hydrogen-bond acceptors (Lipinski definition) is 2. The number of nitrogens with one attached hydrogen (secondary N) is 2. The van der Waals surface area contributed by atoms with E-state index in [2.05, 4.69) is 17.2 Å². The highest BCUT2D eigenvalue weighted by Gasteiger charge is 2.41. The van der Waals surface area contributed by atoms with Crippen LogP contribution in [0, 0.1) is 12.3 Å². The van der Waals surface area contributed by atoms with Gasteiger partial charge in [-0.2, -0.15) is 0 Å². The molecule has 1 heterocycles. The number of amides is 1. The van der Waals surface area contributed by atoms with E-state index < -0.39 is 0 Å². The molecule has 1 amide bonds. The third-order valence-electron chi connectivity index (χ3n) is 3.66. The highest BCUT2D eigenvalue weighted by atomic mass is 16.2. The molecule has 0 aliphatic heterocycles. The highest BCUT2D eigenvalue weighted by molar-refractivity contribution is 5.93. The predicted molar refractivity (Wildman–Crippen MR) is 70.7 cm³/mol. The molecular formula is C14H20N2O2. The first kappa shape index (κ1) is 12.9. The van der Waals surface area contributed by atoms with Crippen molar-refractivity contribution in [1.29, 1.82) is 0 Å². The summed E-state index contributed by atoms with van der Waals surface area (Å²) in [5.74, 6) is -0.265. The first-order valence-electron chi connectivity index (χ1n) is 6.54. The zero-order valence-corrected chi connectivity index (χ0v) is 11.0. The van der Waals surface area contributed by atoms with Gasteiger partial charge in [-0.3, -0.25) is 9.59 Å². The van der Waals surface area contributed by atoms with E-state index in [0.717, 1.165) is 18.5 Å². The van der Waals surface area contributed by atoms with Gasteiger partial charge in [-0.25, -0.2) is 0 Å². The van der Waals surface area contributed by atoms with Crippen molar-refractivity contribution in [3.8, 4) is 0 Å². The second-order valence-corrected chi connectivity index (χ2v) is 5.33. The van der Waals surface area contributed by atoms with E-state index in [4.69, 9.17) is 0 Å². The summed E-state index contributed by atoms with van der Waals surface area (Å²) < 4.78 is 0. The summed E-state index contributed by atoms with van der Waals surface area (Å²) >= 11 is 0. The van der Waals surface area contributed by atoms with E-state index in [0.29, 0.717) is 12.0 Å². The molecular weight excluding hydrogens is 228 g/mol. The quantitative estimate of drug-likeness (QED) is 0.837. The lowest BCUT2D eigenvalue weighted by atomic mass is 10.0. The lowest BCUT2D eigenvalue weighted by Crippen LogP contribution is -2.33. The van der Waals surface area contributed by atoms with E-state index in [1.807, 2.05) is 0 Å². The average molecular weight is 248 g/mol. The molecule has 1 fully saturated rings. The van der Waals surface area contributed by atoms with Gasteiger partial charge in [0, 0.05) is 24.5 Å². The summed E-state index contributed by atoms with van der Waals surface area (Å²) in [5.41, 5.74) is 1.06. The molecule has 4 nitrogen and oxygen atoms in total. The Morgan fingerprint density at radius 2 is 2.22 bits per heavy atom. The van der Waals surface area contributed by atoms with E-state index >= 15 is 0 Å². The smallest absolute Gasteiger partial charge is 0.256 e. The number of hydrogen-bond donors (Lipinski definition) is 2. The Labute approximate surface area is 107 Å². The number of aryl methyl sites for hydroxylation is 1. The Balaban J connectivity index is 1.98. The molecule has 0 unspecified atom stereocenters. The Bertz CT molecular complexity index is 501. The largest absolute Gasteiger partial charge is 0.364 e. The Morgan fingerprint density at radius 3 is 2.78 bits per heavy atom. The van der Waals surface area contributed by atoms with E-state index in [9.17, 15) is 9.59 Å². The summed E-state index contributed by atoms with van der Waals surface area (Å²) in [6.07, 6.45) is 6.15. The maximum atomic E-state index is 11.9. The van der Waals surface area contributed by atoms with Gasteiger partial charge in [0.15, 0.2) is 5.43 Å². The first-order valence-corrected chi connectivity index (χ1v) is 6.54. The maximum absolute atomic E-state index is 11.9. The van der Waals surface area contributed by atoms with Crippen molar-refractivity contribution in [1.82, 2.24) is 10.3 Å². The molecule has 0 radical (unpaired) electrons. The number of pyridine rings is 1. The molecule has 18 heavy (non-hydrogen) atoms. The average Bonchev–Trinajstić information content (AvgIpc) is 3.07. The Kier molecular flexibility index (Phi) is 3.55. The molecule has 0 saturated heterocycles. The van der Waals surface area contributed by atoms with Crippen molar-refractivity contribution < 1.29 is 4.79 Å². The number of carbonyl (C=O) groups is 1. The van der Waals surface area contributed by atoms with Crippen LogP contribution in [0.1, 0.15) is 48.7 Å². The third-order valence-corrected chi connectivity index (χ3v) is 3.66. The van der Waals surface area contributed by atoms with Crippen molar-refractivity contribution >= 4 is 5.91 Å². The fourth-order valence-corrected chi connectivity index (χ4v) is 2.34. The monoisotopic (exact) mass is 248 g/mol. The van der Waals surface area contributed by atoms with Gasteiger partial charge in [0.2, 0.25) is 0 Å². The van der Waals surface area contributed by atoms with Gasteiger partial charge >= 0.3 is 0 Å². The van der Waals surface area contributed by atoms with Crippen LogP contribution in [-0.4, -0.2) is 17.4 Å². The summed E-state index contributed by atoms with van der Waals surface area (Å²) in [6.45, 7) is 4.64. The van der Waals surface area contributed by atoms with Crippen LogP contribution >= 0.6 is 0 Å². The van der Waals surface area contributed by atoms with Gasteiger partial charge in [0.1, 0.15) is 5.56 Å². The topological polar surface area (TPSA) is 62.0 Å². The summed E-state index contributed by atoms with van der Waals surface area (Å²) in [7, 11) is 0. The van der Waals surface area contributed by atoms with Gasteiger partial charge < -0.3 is 10.3 Å². The van der Waals surface area contributed by atoms with Crippen LogP contribution in [-0.2, 0) is 0 Å². The first-order chi connectivity index (χ1) is 8.56. The van der Waals surface area contributed by atoms with Crippen LogP contribution in [0.25, 0.3) is 0 Å². The number of rotatable bonds is 5. The molecule has 1 saturated carbocycles. The van der Waals surface area contributed by atoms with E-state index in [-0.39, 0.29) is 16.9 Å². The SMILES string of the molecule is CCCC1(CNC(=O)c2c[nH]c(C)cc2=O)CC1. The van der Waals surface area contributed by atoms with Crippen molar-refractivity contribution in [2.45, 2.75) is 39.5 Å². The van der Waals surface area contributed by atoms with Crippen LogP contribution in [0.5, 0.6) is 0 Å². The summed E-state index contributed by atoms with van der Waals surface area (Å²) in [5, 5.41) is 2.89. The van der Waals surface area contributed by atoms with Gasteiger partial charge in [-0.15, -0.1) is 0 Å². The Morgan fingerprint density at radius 1 is 1.50 bits per heavy atom. The van der Waals surface area contributed by atoms with E-state index in [1.54, 1.807) is 6.92 Å². The summed E-state index contributed by atoms with van der Waals surface area (Å²) in [4.78, 5) is 26.5. The van der Waals surface area contributed by atoms with Crippen LogP contribution in [0.15, 0.2) is 17.1 Å². The number of aromatic amines is 1. The lowest BCUT2D eigenvalue weighted by Gasteiger charge is -2.14. The highest BCUT2D eigenvalue weighted by Crippen LogP contribution is 2.48. The standard InChI is InChI=1S/C14H20N2O2/c1-3-4-14(5-6-14)9-16-13(18)11-8-15-10(2)7-12(11)17/h7-8H,3-6,9H2,1-2H3,(H,15,17)(H,16,18). The van der Waals surface area contributed by atoms with Crippen LogP contribution in [0.4, 0.5) is 0 Å². The van der Waals surface area contributed by atoms with Crippen molar-refractivity contribution in [3.05, 3.63) is 33.7 Å². The summed E-state index contributed by atoms with van der Waals surface area (Å²) in [6, 6.07) is 1.45. The fourth-order valence-electron chi connectivity index (χ4n) is 2.34. The third kappa shape index (κ3) is 2.81. The normalized spacial score (nSPS) is 16.3. The lowest BCUT2D eigenvalue weighted by molar-refractivity contribution is 0.0942. The molecule has 0 bridgehead atoms. The van der Waals surface area contributed by atoms with Gasteiger partial charge in [0.05, 0.1) is 0 Å². The number of H-pyrrole nitrogens is 1. The molecule has 0 atom stereocenters. The molecule has 2 rings (SSSR count). The van der Waals surface area contributed by atoms with Crippen LogP contribution in [0.3, 0.4) is 0 Å². The fraction of sp³-hybridized carbons (Fsp3) is 0.571. The second kappa shape index (κ2) is 4.96. The Hall–Kier alpha value is -1.58. The zero-order valence-electron chi connectivity index (χ0n) is 11.0. The molecule has 0 spiro atoms. The van der Waals surface area contributed by atoms with Crippen molar-refractivity contribution in [2.24, 2.45) is 5.41 Å². The van der Waals surface area contributed by atoms with Gasteiger partial charge in [0.25, 0.3) is 5.91 Å². The predicted octanol–water partition coefficient (Wildman–Crippen LogP) is 1.99. The minimum Gasteiger partial charge on any atom is -0.364 e. The molecule has 1 aliphatic carbocycles. The van der Waals surface area contributed by atoms with Crippen LogP contribution < -0.4 is 10.7 Å². The van der Waals surface area contributed by atoms with Crippen molar-refractivity contribution in [3.63, 3.8) is 0 Å². The zero-order chi connectivity index (χ0) is 13.2. The maximum Gasteiger partial charge on any atom is 0.256 e. The molecule has 0 aromatic carbocycles. The second-order valence-electron chi connectivity index (χ2n) is 5.33. The van der Waals surface area contributed by atoms with Gasteiger partial charge in [-0.05, 0) is 31.6 Å². The molecule has 1 aromatic heterocycles. The van der Waals surface area contributed by atoms with Gasteiger partial charge in [-0.1, -0.05) is 13.3 Å². The number of aromatic nitrogens is 1. The molecule has 1 aliphatic rings. The number of carbonyl (C=O) groups excluding carboxylic acids is 1.